The summed E-state index contributed by atoms with van der Waals surface area (Å²) in [5.41, 5.74) is -1.14. The van der Waals surface area contributed by atoms with Crippen molar-refractivity contribution in [2.24, 2.45) is 0 Å². The first kappa shape index (κ1) is 22.6. The number of nitrogens with zero attached hydrogens (tertiary/aromatic N) is 2. The van der Waals surface area contributed by atoms with Crippen LogP contribution in [0, 0.1) is 29.1 Å². The topological polar surface area (TPSA) is 64.0 Å². The number of halogens is 8. The number of nitrogens with one attached hydrogen (secondary N) is 1. The lowest BCUT2D eigenvalue weighted by atomic mass is 10.1. The number of hydrogen-bond acceptors (Lipinski definition) is 3. The number of rotatable bonds is 5. The van der Waals surface area contributed by atoms with E-state index in [0.717, 1.165) is 29.1 Å². The van der Waals surface area contributed by atoms with Crippen LogP contribution in [0.3, 0.4) is 0 Å². The number of hydrogen-bond donors (Lipinski definition) is 1. The maximum Gasteiger partial charge on any atom is 0.264 e. The van der Waals surface area contributed by atoms with Gasteiger partial charge < -0.3 is 0 Å². The van der Waals surface area contributed by atoms with E-state index in [-0.39, 0.29) is 20.9 Å². The van der Waals surface area contributed by atoms with Gasteiger partial charge in [0.05, 0.1) is 27.2 Å². The Bertz CT molecular complexity index is 1240. The van der Waals surface area contributed by atoms with Gasteiger partial charge in [-0.1, -0.05) is 34.8 Å². The van der Waals surface area contributed by atoms with Crippen LogP contribution in [0.25, 0.3) is 0 Å². The predicted molar refractivity (Wildman–Crippen MR) is 99.8 cm³/mol. The largest absolute Gasteiger partial charge is 0.266 e. The Morgan fingerprint density at radius 2 is 1.40 bits per heavy atom. The molecule has 3 aromatic rings. The fourth-order valence-corrected chi connectivity index (χ4v) is 4.36. The van der Waals surface area contributed by atoms with Gasteiger partial charge in [-0.15, -0.1) is 0 Å². The van der Waals surface area contributed by atoms with Gasteiger partial charge in [0.1, 0.15) is 4.90 Å². The molecule has 1 N–H and O–H groups in total. The third-order valence-electron chi connectivity index (χ3n) is 3.76. The minimum atomic E-state index is -4.30. The standard InChI is InChI=1S/C16H7Cl3F5N3O2S/c17-7-3-9(19)10(4-8(7)18)30(28,29)26-11-1-2-27(25-11)5-6-12(20)14(22)16(24)15(23)13(6)21/h1-4H,5H2,(H,25,26). The van der Waals surface area contributed by atoms with Crippen LogP contribution in [0.5, 0.6) is 0 Å². The Morgan fingerprint density at radius 3 is 2.00 bits per heavy atom. The SMILES string of the molecule is O=S(=O)(Nc1ccn(Cc2c(F)c(F)c(F)c(F)c2F)n1)c1cc(Cl)c(Cl)cc1Cl. The summed E-state index contributed by atoms with van der Waals surface area (Å²) in [6, 6.07) is 3.21. The normalized spacial score (nSPS) is 11.7. The van der Waals surface area contributed by atoms with Crippen LogP contribution >= 0.6 is 34.8 Å². The first-order valence-corrected chi connectivity index (χ1v) is 10.2. The molecule has 0 aliphatic carbocycles. The highest BCUT2D eigenvalue weighted by atomic mass is 35.5. The smallest absolute Gasteiger partial charge is 0.264 e. The van der Waals surface area contributed by atoms with E-state index in [4.69, 9.17) is 34.8 Å². The van der Waals surface area contributed by atoms with Crippen molar-refractivity contribution in [3.63, 3.8) is 0 Å². The molecular formula is C16H7Cl3F5N3O2S. The van der Waals surface area contributed by atoms with Gasteiger partial charge in [0.25, 0.3) is 10.0 Å². The maximum atomic E-state index is 13.8. The third-order valence-corrected chi connectivity index (χ3v) is 6.31. The van der Waals surface area contributed by atoms with Gasteiger partial charge in [0, 0.05) is 12.3 Å². The predicted octanol–water partition coefficient (Wildman–Crippen LogP) is 5.39. The Kier molecular flexibility index (Phi) is 6.19. The summed E-state index contributed by atoms with van der Waals surface area (Å²) in [4.78, 5) is -0.423. The Hall–Kier alpha value is -2.08. The summed E-state index contributed by atoms with van der Waals surface area (Å²) in [5, 5.41) is 3.40. The molecule has 0 bridgehead atoms. The zero-order chi connectivity index (χ0) is 22.4. The van der Waals surface area contributed by atoms with Crippen LogP contribution in [0.4, 0.5) is 27.8 Å². The van der Waals surface area contributed by atoms with Crippen molar-refractivity contribution in [3.05, 3.63) is 74.1 Å². The molecule has 0 fully saturated rings. The lowest BCUT2D eigenvalue weighted by molar-refractivity contribution is 0.367. The van der Waals surface area contributed by atoms with Gasteiger partial charge >= 0.3 is 0 Å². The minimum absolute atomic E-state index is 0.0210. The van der Waals surface area contributed by atoms with Gasteiger partial charge in [-0.3, -0.25) is 9.40 Å². The lowest BCUT2D eigenvalue weighted by Crippen LogP contribution is -2.15. The molecule has 0 spiro atoms. The van der Waals surface area contributed by atoms with Crippen molar-refractivity contribution in [1.29, 1.82) is 0 Å². The van der Waals surface area contributed by atoms with Gasteiger partial charge in [-0.05, 0) is 12.1 Å². The Labute approximate surface area is 181 Å². The number of sulfonamides is 1. The molecule has 0 amide bonds. The molecule has 0 unspecified atom stereocenters. The van der Waals surface area contributed by atoms with E-state index >= 15 is 0 Å². The second kappa shape index (κ2) is 8.22. The monoisotopic (exact) mass is 505 g/mol. The van der Waals surface area contributed by atoms with Crippen molar-refractivity contribution in [1.82, 2.24) is 9.78 Å². The van der Waals surface area contributed by atoms with Crippen molar-refractivity contribution >= 4 is 50.6 Å². The molecule has 0 saturated heterocycles. The molecule has 0 saturated carbocycles. The summed E-state index contributed by atoms with van der Waals surface area (Å²) in [7, 11) is -4.30. The van der Waals surface area contributed by atoms with Gasteiger partial charge in [0.15, 0.2) is 29.1 Å². The molecule has 14 heteroatoms. The van der Waals surface area contributed by atoms with Crippen LogP contribution < -0.4 is 4.72 Å². The first-order chi connectivity index (χ1) is 13.9. The van der Waals surface area contributed by atoms with Crippen molar-refractivity contribution in [3.8, 4) is 0 Å². The first-order valence-electron chi connectivity index (χ1n) is 7.63. The van der Waals surface area contributed by atoms with Gasteiger partial charge in [-0.2, -0.15) is 5.10 Å². The molecule has 160 valence electrons. The molecule has 1 aromatic heterocycles. The average Bonchev–Trinajstić information content (AvgIpc) is 3.11. The Morgan fingerprint density at radius 1 is 0.867 bits per heavy atom. The maximum absolute atomic E-state index is 13.8. The van der Waals surface area contributed by atoms with E-state index in [9.17, 15) is 30.4 Å². The third kappa shape index (κ3) is 4.20. The van der Waals surface area contributed by atoms with Crippen molar-refractivity contribution in [2.45, 2.75) is 11.4 Å². The van der Waals surface area contributed by atoms with E-state index in [2.05, 4.69) is 5.10 Å². The van der Waals surface area contributed by atoms with E-state index in [1.54, 1.807) is 0 Å². The number of benzene rings is 2. The highest BCUT2D eigenvalue weighted by Crippen LogP contribution is 2.32. The summed E-state index contributed by atoms with van der Waals surface area (Å²) in [6.07, 6.45) is 1.06. The van der Waals surface area contributed by atoms with Crippen LogP contribution in [-0.2, 0) is 16.6 Å². The molecule has 0 radical (unpaired) electrons. The van der Waals surface area contributed by atoms with Crippen molar-refractivity contribution in [2.75, 3.05) is 4.72 Å². The van der Waals surface area contributed by atoms with Gasteiger partial charge in [-0.25, -0.2) is 30.4 Å². The molecule has 5 nitrogen and oxygen atoms in total. The fraction of sp³-hybridized carbons (Fsp3) is 0.0625. The van der Waals surface area contributed by atoms with Crippen LogP contribution in [0.1, 0.15) is 5.56 Å². The summed E-state index contributed by atoms with van der Waals surface area (Å²) >= 11 is 17.4. The quantitative estimate of drug-likeness (QED) is 0.287. The van der Waals surface area contributed by atoms with E-state index in [1.807, 2.05) is 4.72 Å². The van der Waals surface area contributed by atoms with E-state index < -0.39 is 56.1 Å². The second-order valence-electron chi connectivity index (χ2n) is 5.75. The molecular weight excluding hydrogens is 500 g/mol. The van der Waals surface area contributed by atoms with Crippen LogP contribution in [0.2, 0.25) is 15.1 Å². The number of anilines is 1. The number of aromatic nitrogens is 2. The molecule has 2 aromatic carbocycles. The van der Waals surface area contributed by atoms with E-state index in [1.165, 1.54) is 0 Å². The van der Waals surface area contributed by atoms with Gasteiger partial charge in [0.2, 0.25) is 5.82 Å². The average molecular weight is 507 g/mol. The zero-order valence-corrected chi connectivity index (χ0v) is 17.2. The van der Waals surface area contributed by atoms with Crippen molar-refractivity contribution < 1.29 is 30.4 Å². The molecule has 1 heterocycles. The molecule has 3 rings (SSSR count). The zero-order valence-electron chi connectivity index (χ0n) is 14.2. The second-order valence-corrected chi connectivity index (χ2v) is 8.62. The summed E-state index contributed by atoms with van der Waals surface area (Å²) < 4.78 is 95.1. The van der Waals surface area contributed by atoms with Crippen LogP contribution in [-0.4, -0.2) is 18.2 Å². The molecule has 0 atom stereocenters. The molecule has 0 aliphatic rings. The summed E-state index contributed by atoms with van der Waals surface area (Å²) in [5.74, 6) is -10.9. The molecule has 30 heavy (non-hydrogen) atoms. The summed E-state index contributed by atoms with van der Waals surface area (Å²) in [6.45, 7) is -0.860. The highest BCUT2D eigenvalue weighted by molar-refractivity contribution is 7.92. The highest BCUT2D eigenvalue weighted by Gasteiger charge is 2.26. The van der Waals surface area contributed by atoms with E-state index in [0.29, 0.717) is 0 Å². The lowest BCUT2D eigenvalue weighted by Gasteiger charge is -2.09. The van der Waals surface area contributed by atoms with Crippen LogP contribution in [0.15, 0.2) is 29.3 Å². The molecule has 0 aliphatic heterocycles. The fourth-order valence-electron chi connectivity index (χ4n) is 2.36. The Balaban J connectivity index is 1.89. The minimum Gasteiger partial charge on any atom is -0.266 e.